The van der Waals surface area contributed by atoms with Gasteiger partial charge in [0.15, 0.2) is 0 Å². The molecular weight excluding hydrogens is 437 g/mol. The molecule has 1 aliphatic rings. The molecule has 4 rings (SSSR count). The lowest BCUT2D eigenvalue weighted by atomic mass is 10.0. The van der Waals surface area contributed by atoms with Crippen LogP contribution < -0.4 is 5.32 Å². The topological polar surface area (TPSA) is 105 Å². The van der Waals surface area contributed by atoms with Crippen molar-refractivity contribution in [2.45, 2.75) is 51.0 Å². The van der Waals surface area contributed by atoms with Crippen molar-refractivity contribution in [3.05, 3.63) is 76.9 Å². The van der Waals surface area contributed by atoms with E-state index in [0.717, 1.165) is 18.4 Å². The highest BCUT2D eigenvalue weighted by Crippen LogP contribution is 2.39. The highest BCUT2D eigenvalue weighted by atomic mass is 19.1. The van der Waals surface area contributed by atoms with Crippen LogP contribution in [0.1, 0.15) is 61.1 Å². The number of carboxylic acid groups (broad SMARTS) is 1. The van der Waals surface area contributed by atoms with Gasteiger partial charge < -0.3 is 14.9 Å². The van der Waals surface area contributed by atoms with Crippen LogP contribution in [0.3, 0.4) is 0 Å². The SMILES string of the molecule is CC(C)c1ccc(C=CC(=O)NC(Cc2ccc(-c3noc(C4CC4)n3)c(F)c2)C(=O)O)cc1. The van der Waals surface area contributed by atoms with E-state index in [-0.39, 0.29) is 23.7 Å². The van der Waals surface area contributed by atoms with E-state index in [0.29, 0.717) is 17.4 Å². The molecule has 1 atom stereocenters. The van der Waals surface area contributed by atoms with Gasteiger partial charge in [-0.1, -0.05) is 49.3 Å². The van der Waals surface area contributed by atoms with E-state index < -0.39 is 23.7 Å². The summed E-state index contributed by atoms with van der Waals surface area (Å²) >= 11 is 0. The molecule has 3 aromatic rings. The Morgan fingerprint density at radius 2 is 1.94 bits per heavy atom. The summed E-state index contributed by atoms with van der Waals surface area (Å²) in [5, 5.41) is 15.9. The first-order valence-electron chi connectivity index (χ1n) is 11.2. The summed E-state index contributed by atoms with van der Waals surface area (Å²) in [5.74, 6) is -0.991. The number of hydrogen-bond donors (Lipinski definition) is 2. The van der Waals surface area contributed by atoms with Crippen molar-refractivity contribution >= 4 is 18.0 Å². The van der Waals surface area contributed by atoms with E-state index in [1.807, 2.05) is 24.3 Å². The summed E-state index contributed by atoms with van der Waals surface area (Å²) in [5.41, 5.74) is 2.62. The van der Waals surface area contributed by atoms with Crippen LogP contribution in [0.5, 0.6) is 0 Å². The van der Waals surface area contributed by atoms with Gasteiger partial charge in [0, 0.05) is 18.4 Å². The van der Waals surface area contributed by atoms with Gasteiger partial charge in [0.05, 0.1) is 5.56 Å². The van der Waals surface area contributed by atoms with Crippen molar-refractivity contribution in [2.75, 3.05) is 0 Å². The second-order valence-electron chi connectivity index (χ2n) is 8.80. The largest absolute Gasteiger partial charge is 0.480 e. The molecule has 2 aromatic carbocycles. The Balaban J connectivity index is 1.39. The van der Waals surface area contributed by atoms with E-state index in [4.69, 9.17) is 4.52 Å². The molecular formula is C26H26FN3O4. The molecule has 1 saturated carbocycles. The number of halogens is 1. The maximum absolute atomic E-state index is 14.7. The monoisotopic (exact) mass is 463 g/mol. The van der Waals surface area contributed by atoms with Gasteiger partial charge in [0.2, 0.25) is 17.6 Å². The van der Waals surface area contributed by atoms with E-state index in [1.54, 1.807) is 12.1 Å². The average molecular weight is 464 g/mol. The maximum Gasteiger partial charge on any atom is 0.326 e. The van der Waals surface area contributed by atoms with E-state index in [2.05, 4.69) is 29.3 Å². The molecule has 0 radical (unpaired) electrons. The van der Waals surface area contributed by atoms with E-state index >= 15 is 0 Å². The Labute approximate surface area is 196 Å². The van der Waals surface area contributed by atoms with Crippen LogP contribution in [-0.4, -0.2) is 33.2 Å². The number of aromatic nitrogens is 2. The smallest absolute Gasteiger partial charge is 0.326 e. The van der Waals surface area contributed by atoms with Crippen LogP contribution in [0.2, 0.25) is 0 Å². The van der Waals surface area contributed by atoms with Crippen LogP contribution in [0, 0.1) is 5.82 Å². The van der Waals surface area contributed by atoms with Crippen LogP contribution >= 0.6 is 0 Å². The molecule has 176 valence electrons. The first kappa shape index (κ1) is 23.4. The first-order valence-corrected chi connectivity index (χ1v) is 11.2. The molecule has 34 heavy (non-hydrogen) atoms. The second-order valence-corrected chi connectivity index (χ2v) is 8.80. The zero-order valence-corrected chi connectivity index (χ0v) is 19.0. The average Bonchev–Trinajstić information content (AvgIpc) is 3.54. The number of amides is 1. The summed E-state index contributed by atoms with van der Waals surface area (Å²) < 4.78 is 19.9. The number of aliphatic carboxylic acids is 1. The third-order valence-corrected chi connectivity index (χ3v) is 5.73. The first-order chi connectivity index (χ1) is 16.3. The summed E-state index contributed by atoms with van der Waals surface area (Å²) in [6.07, 6.45) is 4.82. The molecule has 1 aromatic heterocycles. The Morgan fingerprint density at radius 1 is 1.21 bits per heavy atom. The number of benzene rings is 2. The number of nitrogens with zero attached hydrogens (tertiary/aromatic N) is 2. The molecule has 7 nitrogen and oxygen atoms in total. The van der Waals surface area contributed by atoms with E-state index in [1.165, 1.54) is 23.8 Å². The lowest BCUT2D eigenvalue weighted by molar-refractivity contribution is -0.141. The predicted octanol–water partition coefficient (Wildman–Crippen LogP) is 4.70. The predicted molar refractivity (Wildman–Crippen MR) is 125 cm³/mol. The number of carbonyl (C=O) groups is 2. The number of carboxylic acids is 1. The number of carbonyl (C=O) groups excluding carboxylic acids is 1. The Bertz CT molecular complexity index is 1210. The van der Waals surface area contributed by atoms with E-state index in [9.17, 15) is 19.1 Å². The zero-order chi connectivity index (χ0) is 24.2. The van der Waals surface area contributed by atoms with Crippen molar-refractivity contribution in [1.29, 1.82) is 0 Å². The molecule has 0 aliphatic heterocycles. The molecule has 0 spiro atoms. The molecule has 8 heteroatoms. The minimum Gasteiger partial charge on any atom is -0.480 e. The van der Waals surface area contributed by atoms with Gasteiger partial charge in [-0.25, -0.2) is 9.18 Å². The normalized spacial score (nSPS) is 14.5. The van der Waals surface area contributed by atoms with Gasteiger partial charge in [-0.05, 0) is 53.7 Å². The minimum absolute atomic E-state index is 0.0746. The van der Waals surface area contributed by atoms with Crippen molar-refractivity contribution in [3.8, 4) is 11.4 Å². The lowest BCUT2D eigenvalue weighted by Crippen LogP contribution is -2.41. The number of nitrogens with one attached hydrogen (secondary N) is 1. The fourth-order valence-electron chi connectivity index (χ4n) is 3.53. The number of hydrogen-bond acceptors (Lipinski definition) is 5. The fraction of sp³-hybridized carbons (Fsp3) is 0.308. The van der Waals surface area contributed by atoms with Gasteiger partial charge in [-0.15, -0.1) is 0 Å². The summed E-state index contributed by atoms with van der Waals surface area (Å²) in [6, 6.07) is 10.9. The summed E-state index contributed by atoms with van der Waals surface area (Å²) in [7, 11) is 0. The highest BCUT2D eigenvalue weighted by molar-refractivity contribution is 5.94. The summed E-state index contributed by atoms with van der Waals surface area (Å²) in [4.78, 5) is 28.2. The standard InChI is InChI=1S/C26H26FN3O4/c1-15(2)18-7-3-16(4-8-18)6-12-23(31)28-22(26(32)33)14-17-5-11-20(21(27)13-17)24-29-25(34-30-24)19-9-10-19/h3-8,11-13,15,19,22H,9-10,14H2,1-2H3,(H,28,31)(H,32,33). The molecule has 1 aliphatic carbocycles. The van der Waals surface area contributed by atoms with Crippen molar-refractivity contribution < 1.29 is 23.6 Å². The van der Waals surface area contributed by atoms with Crippen molar-refractivity contribution in [1.82, 2.24) is 15.5 Å². The Morgan fingerprint density at radius 3 is 2.56 bits per heavy atom. The van der Waals surface area contributed by atoms with Gasteiger partial charge in [-0.3, -0.25) is 4.79 Å². The highest BCUT2D eigenvalue weighted by Gasteiger charge is 2.30. The van der Waals surface area contributed by atoms with Crippen LogP contribution in [-0.2, 0) is 16.0 Å². The molecule has 1 heterocycles. The molecule has 1 unspecified atom stereocenters. The molecule has 2 N–H and O–H groups in total. The van der Waals surface area contributed by atoms with Gasteiger partial charge in [0.1, 0.15) is 11.9 Å². The molecule has 0 bridgehead atoms. The lowest BCUT2D eigenvalue weighted by Gasteiger charge is -2.14. The molecule has 1 fully saturated rings. The maximum atomic E-state index is 14.7. The van der Waals surface area contributed by atoms with Crippen LogP contribution in [0.15, 0.2) is 53.1 Å². The third kappa shape index (κ3) is 5.75. The number of rotatable bonds is 9. The van der Waals surface area contributed by atoms with Crippen LogP contribution in [0.25, 0.3) is 17.5 Å². The fourth-order valence-corrected chi connectivity index (χ4v) is 3.53. The van der Waals surface area contributed by atoms with Gasteiger partial charge >= 0.3 is 5.97 Å². The molecule has 0 saturated heterocycles. The Kier molecular flexibility index (Phi) is 6.86. The summed E-state index contributed by atoms with van der Waals surface area (Å²) in [6.45, 7) is 4.19. The zero-order valence-electron chi connectivity index (χ0n) is 19.0. The minimum atomic E-state index is -1.21. The second kappa shape index (κ2) is 9.99. The van der Waals surface area contributed by atoms with Crippen molar-refractivity contribution in [3.63, 3.8) is 0 Å². The van der Waals surface area contributed by atoms with Gasteiger partial charge in [0.25, 0.3) is 0 Å². The Hall–Kier alpha value is -3.81. The van der Waals surface area contributed by atoms with Crippen molar-refractivity contribution in [2.24, 2.45) is 0 Å². The molecule has 1 amide bonds. The third-order valence-electron chi connectivity index (χ3n) is 5.73. The quantitative estimate of drug-likeness (QED) is 0.446. The van der Waals surface area contributed by atoms with Crippen LogP contribution in [0.4, 0.5) is 4.39 Å². The van der Waals surface area contributed by atoms with Gasteiger partial charge in [-0.2, -0.15) is 4.98 Å².